The lowest BCUT2D eigenvalue weighted by Crippen LogP contribution is -2.03. The van der Waals surface area contributed by atoms with Gasteiger partial charge in [0.25, 0.3) is 0 Å². The van der Waals surface area contributed by atoms with Gasteiger partial charge < -0.3 is 10.3 Å². The van der Waals surface area contributed by atoms with Crippen LogP contribution in [-0.4, -0.2) is 14.5 Å². The Morgan fingerprint density at radius 3 is 2.94 bits per heavy atom. The third kappa shape index (κ3) is 1.81. The molecule has 2 N–H and O–H groups in total. The molecular formula is C13H14N4S. The molecule has 1 atom stereocenters. The third-order valence-electron chi connectivity index (χ3n) is 2.93. The van der Waals surface area contributed by atoms with Gasteiger partial charge in [0.2, 0.25) is 0 Å². The third-order valence-corrected chi connectivity index (χ3v) is 3.98. The summed E-state index contributed by atoms with van der Waals surface area (Å²) in [5.41, 5.74) is 10.0. The summed E-state index contributed by atoms with van der Waals surface area (Å²) in [6, 6.07) is 6.20. The van der Waals surface area contributed by atoms with Gasteiger partial charge in [-0.05, 0) is 19.1 Å². The van der Waals surface area contributed by atoms with Crippen molar-refractivity contribution in [1.82, 2.24) is 14.5 Å². The van der Waals surface area contributed by atoms with E-state index in [1.807, 2.05) is 30.2 Å². The quantitative estimate of drug-likeness (QED) is 0.769. The summed E-state index contributed by atoms with van der Waals surface area (Å²) in [5.74, 6) is 0. The second kappa shape index (κ2) is 4.19. The molecule has 3 rings (SSSR count). The largest absolute Gasteiger partial charge is 0.334 e. The van der Waals surface area contributed by atoms with Crippen molar-refractivity contribution < 1.29 is 0 Å². The SMILES string of the molecule is CC(N)c1nc(-c2ccc3c(c2)ncn3C)cs1. The number of hydrogen-bond acceptors (Lipinski definition) is 4. The average Bonchev–Trinajstić information content (AvgIpc) is 2.96. The van der Waals surface area contributed by atoms with Crippen molar-refractivity contribution in [3.8, 4) is 11.3 Å². The highest BCUT2D eigenvalue weighted by atomic mass is 32.1. The first-order valence-corrected chi connectivity index (χ1v) is 6.65. The molecule has 4 nitrogen and oxygen atoms in total. The Hall–Kier alpha value is -1.72. The van der Waals surface area contributed by atoms with Crippen LogP contribution in [0.3, 0.4) is 0 Å². The summed E-state index contributed by atoms with van der Waals surface area (Å²) in [6.07, 6.45) is 1.82. The number of rotatable bonds is 2. The Morgan fingerprint density at radius 2 is 2.22 bits per heavy atom. The normalized spacial score (nSPS) is 13.1. The molecule has 0 saturated heterocycles. The minimum absolute atomic E-state index is 0.0117. The Kier molecular flexibility index (Phi) is 2.65. The fourth-order valence-corrected chi connectivity index (χ4v) is 2.71. The number of fused-ring (bicyclic) bond motifs is 1. The first-order chi connectivity index (χ1) is 8.65. The second-order valence-corrected chi connectivity index (χ2v) is 5.31. The van der Waals surface area contributed by atoms with Gasteiger partial charge in [0.1, 0.15) is 5.01 Å². The van der Waals surface area contributed by atoms with E-state index in [1.54, 1.807) is 11.3 Å². The van der Waals surface area contributed by atoms with Gasteiger partial charge in [-0.25, -0.2) is 9.97 Å². The smallest absolute Gasteiger partial charge is 0.110 e. The van der Waals surface area contributed by atoms with Gasteiger partial charge >= 0.3 is 0 Å². The van der Waals surface area contributed by atoms with E-state index in [4.69, 9.17) is 5.73 Å². The minimum Gasteiger partial charge on any atom is -0.334 e. The van der Waals surface area contributed by atoms with E-state index in [0.717, 1.165) is 27.3 Å². The molecule has 1 unspecified atom stereocenters. The van der Waals surface area contributed by atoms with Crippen LogP contribution >= 0.6 is 11.3 Å². The molecule has 0 radical (unpaired) electrons. The van der Waals surface area contributed by atoms with E-state index < -0.39 is 0 Å². The number of nitrogens with two attached hydrogens (primary N) is 1. The van der Waals surface area contributed by atoms with Gasteiger partial charge in [-0.15, -0.1) is 11.3 Å². The van der Waals surface area contributed by atoms with Crippen molar-refractivity contribution in [3.63, 3.8) is 0 Å². The van der Waals surface area contributed by atoms with Crippen LogP contribution in [-0.2, 0) is 7.05 Å². The summed E-state index contributed by atoms with van der Waals surface area (Å²) < 4.78 is 2.01. The second-order valence-electron chi connectivity index (χ2n) is 4.42. The summed E-state index contributed by atoms with van der Waals surface area (Å²) in [7, 11) is 1.99. The summed E-state index contributed by atoms with van der Waals surface area (Å²) in [6.45, 7) is 1.95. The molecule has 2 heterocycles. The topological polar surface area (TPSA) is 56.7 Å². The van der Waals surface area contributed by atoms with E-state index in [1.165, 1.54) is 0 Å². The number of benzene rings is 1. The van der Waals surface area contributed by atoms with Gasteiger partial charge in [0.05, 0.1) is 29.1 Å². The zero-order valence-electron chi connectivity index (χ0n) is 10.3. The first kappa shape index (κ1) is 11.4. The van der Waals surface area contributed by atoms with Crippen LogP contribution in [0.15, 0.2) is 29.9 Å². The Labute approximate surface area is 109 Å². The van der Waals surface area contributed by atoms with Crippen LogP contribution in [0.4, 0.5) is 0 Å². The molecule has 0 aliphatic rings. The minimum atomic E-state index is -0.0117. The van der Waals surface area contributed by atoms with Crippen LogP contribution < -0.4 is 5.73 Å². The molecule has 92 valence electrons. The highest BCUT2D eigenvalue weighted by Gasteiger charge is 2.09. The maximum Gasteiger partial charge on any atom is 0.110 e. The molecule has 0 bridgehead atoms. The van der Waals surface area contributed by atoms with E-state index in [0.29, 0.717) is 0 Å². The number of imidazole rings is 1. The zero-order valence-corrected chi connectivity index (χ0v) is 11.1. The molecular weight excluding hydrogens is 244 g/mol. The van der Waals surface area contributed by atoms with Gasteiger partial charge in [-0.1, -0.05) is 6.07 Å². The van der Waals surface area contributed by atoms with Gasteiger partial charge in [0.15, 0.2) is 0 Å². The predicted molar refractivity (Wildman–Crippen MR) is 74.4 cm³/mol. The van der Waals surface area contributed by atoms with E-state index in [-0.39, 0.29) is 6.04 Å². The highest BCUT2D eigenvalue weighted by Crippen LogP contribution is 2.26. The van der Waals surface area contributed by atoms with Crippen LogP contribution in [0.2, 0.25) is 0 Å². The van der Waals surface area contributed by atoms with Crippen molar-refractivity contribution in [3.05, 3.63) is 34.9 Å². The maximum atomic E-state index is 5.83. The molecule has 3 aromatic rings. The molecule has 5 heteroatoms. The summed E-state index contributed by atoms with van der Waals surface area (Å²) in [4.78, 5) is 8.91. The van der Waals surface area contributed by atoms with Crippen LogP contribution in [0, 0.1) is 0 Å². The molecule has 0 aliphatic heterocycles. The van der Waals surface area contributed by atoms with E-state index >= 15 is 0 Å². The first-order valence-electron chi connectivity index (χ1n) is 5.77. The maximum absolute atomic E-state index is 5.83. The van der Waals surface area contributed by atoms with Crippen molar-refractivity contribution in [2.45, 2.75) is 13.0 Å². The molecule has 2 aromatic heterocycles. The fraction of sp³-hybridized carbons (Fsp3) is 0.231. The average molecular weight is 258 g/mol. The Balaban J connectivity index is 2.07. The summed E-state index contributed by atoms with van der Waals surface area (Å²) >= 11 is 1.60. The number of hydrogen-bond donors (Lipinski definition) is 1. The Morgan fingerprint density at radius 1 is 1.39 bits per heavy atom. The van der Waals surface area contributed by atoms with E-state index in [9.17, 15) is 0 Å². The molecule has 0 fully saturated rings. The summed E-state index contributed by atoms with van der Waals surface area (Å²) in [5, 5.41) is 3.01. The van der Waals surface area contributed by atoms with Crippen molar-refractivity contribution in [2.75, 3.05) is 0 Å². The van der Waals surface area contributed by atoms with Crippen LogP contribution in [0.25, 0.3) is 22.3 Å². The van der Waals surface area contributed by atoms with Crippen LogP contribution in [0.5, 0.6) is 0 Å². The molecule has 0 saturated carbocycles. The molecule has 0 spiro atoms. The zero-order chi connectivity index (χ0) is 12.7. The molecule has 0 amide bonds. The number of nitrogens with zero attached hydrogens (tertiary/aromatic N) is 3. The predicted octanol–water partition coefficient (Wildman–Crippen LogP) is 2.72. The van der Waals surface area contributed by atoms with Gasteiger partial charge in [0, 0.05) is 18.0 Å². The van der Waals surface area contributed by atoms with Crippen molar-refractivity contribution in [1.29, 1.82) is 0 Å². The number of aromatic nitrogens is 3. The van der Waals surface area contributed by atoms with Gasteiger partial charge in [-0.2, -0.15) is 0 Å². The lowest BCUT2D eigenvalue weighted by Gasteiger charge is -1.99. The van der Waals surface area contributed by atoms with Crippen LogP contribution in [0.1, 0.15) is 18.0 Å². The highest BCUT2D eigenvalue weighted by molar-refractivity contribution is 7.10. The van der Waals surface area contributed by atoms with E-state index in [2.05, 4.69) is 28.2 Å². The molecule has 1 aromatic carbocycles. The lowest BCUT2D eigenvalue weighted by molar-refractivity contribution is 0.808. The number of thiazole rings is 1. The fourth-order valence-electron chi connectivity index (χ4n) is 1.92. The standard InChI is InChI=1S/C13H14N4S/c1-8(14)13-16-11(6-18-13)9-3-4-12-10(5-9)15-7-17(12)2/h3-8H,14H2,1-2H3. The monoisotopic (exact) mass is 258 g/mol. The molecule has 18 heavy (non-hydrogen) atoms. The Bertz CT molecular complexity index is 696. The van der Waals surface area contributed by atoms with Crippen molar-refractivity contribution >= 4 is 22.4 Å². The number of aryl methyl sites for hydroxylation is 1. The lowest BCUT2D eigenvalue weighted by atomic mass is 10.1. The van der Waals surface area contributed by atoms with Crippen molar-refractivity contribution in [2.24, 2.45) is 12.8 Å². The molecule has 0 aliphatic carbocycles. The van der Waals surface area contributed by atoms with Gasteiger partial charge in [-0.3, -0.25) is 0 Å².